The SMILES string of the molecule is CCCC(O)Cc1ncnc2sccc12. The van der Waals surface area contributed by atoms with E-state index in [-0.39, 0.29) is 6.10 Å². The van der Waals surface area contributed by atoms with E-state index in [1.807, 2.05) is 11.4 Å². The lowest BCUT2D eigenvalue weighted by Gasteiger charge is -2.08. The Hall–Kier alpha value is -1.00. The summed E-state index contributed by atoms with van der Waals surface area (Å²) in [7, 11) is 0. The topological polar surface area (TPSA) is 46.0 Å². The zero-order valence-corrected chi connectivity index (χ0v) is 9.50. The van der Waals surface area contributed by atoms with Gasteiger partial charge >= 0.3 is 0 Å². The molecule has 2 rings (SSSR count). The second-order valence-electron chi connectivity index (χ2n) is 3.61. The summed E-state index contributed by atoms with van der Waals surface area (Å²) in [5.74, 6) is 0. The van der Waals surface area contributed by atoms with Crippen LogP contribution in [0.4, 0.5) is 0 Å². The van der Waals surface area contributed by atoms with E-state index >= 15 is 0 Å². The zero-order chi connectivity index (χ0) is 10.7. The van der Waals surface area contributed by atoms with Crippen LogP contribution in [0, 0.1) is 0 Å². The van der Waals surface area contributed by atoms with Crippen molar-refractivity contribution in [2.24, 2.45) is 0 Å². The average Bonchev–Trinajstić information content (AvgIpc) is 2.67. The number of rotatable bonds is 4. The van der Waals surface area contributed by atoms with E-state index in [0.717, 1.165) is 28.8 Å². The molecule has 3 nitrogen and oxygen atoms in total. The third kappa shape index (κ3) is 2.33. The van der Waals surface area contributed by atoms with Crippen molar-refractivity contribution in [3.8, 4) is 0 Å². The highest BCUT2D eigenvalue weighted by Crippen LogP contribution is 2.21. The number of aromatic nitrogens is 2. The van der Waals surface area contributed by atoms with E-state index < -0.39 is 0 Å². The third-order valence-corrected chi connectivity index (χ3v) is 3.22. The van der Waals surface area contributed by atoms with Gasteiger partial charge in [-0.05, 0) is 17.9 Å². The molecule has 2 aromatic heterocycles. The van der Waals surface area contributed by atoms with Gasteiger partial charge in [0, 0.05) is 11.8 Å². The van der Waals surface area contributed by atoms with Crippen LogP contribution in [0.5, 0.6) is 0 Å². The molecule has 1 N–H and O–H groups in total. The molecule has 0 saturated heterocycles. The first-order valence-electron chi connectivity index (χ1n) is 5.16. The largest absolute Gasteiger partial charge is 0.393 e. The van der Waals surface area contributed by atoms with Crippen molar-refractivity contribution in [2.75, 3.05) is 0 Å². The smallest absolute Gasteiger partial charge is 0.126 e. The summed E-state index contributed by atoms with van der Waals surface area (Å²) < 4.78 is 0. The lowest BCUT2D eigenvalue weighted by atomic mass is 10.1. The maximum absolute atomic E-state index is 9.74. The van der Waals surface area contributed by atoms with Gasteiger partial charge in [-0.2, -0.15) is 0 Å². The van der Waals surface area contributed by atoms with Crippen molar-refractivity contribution in [1.82, 2.24) is 9.97 Å². The summed E-state index contributed by atoms with van der Waals surface area (Å²) in [6.45, 7) is 2.07. The Morgan fingerprint density at radius 3 is 3.13 bits per heavy atom. The van der Waals surface area contributed by atoms with Gasteiger partial charge in [0.1, 0.15) is 11.2 Å². The van der Waals surface area contributed by atoms with Crippen molar-refractivity contribution < 1.29 is 5.11 Å². The van der Waals surface area contributed by atoms with Crippen LogP contribution >= 0.6 is 11.3 Å². The van der Waals surface area contributed by atoms with Crippen LogP contribution in [0.25, 0.3) is 10.2 Å². The summed E-state index contributed by atoms with van der Waals surface area (Å²) >= 11 is 1.61. The van der Waals surface area contributed by atoms with Gasteiger partial charge < -0.3 is 5.11 Å². The summed E-state index contributed by atoms with van der Waals surface area (Å²) in [5, 5.41) is 12.8. The van der Waals surface area contributed by atoms with Crippen LogP contribution < -0.4 is 0 Å². The summed E-state index contributed by atoms with van der Waals surface area (Å²) in [6.07, 6.45) is 3.75. The Kier molecular flexibility index (Phi) is 3.28. The lowest BCUT2D eigenvalue weighted by molar-refractivity contribution is 0.163. The van der Waals surface area contributed by atoms with E-state index in [0.29, 0.717) is 6.42 Å². The molecule has 0 bridgehead atoms. The highest BCUT2D eigenvalue weighted by atomic mass is 32.1. The molecule has 1 unspecified atom stereocenters. The molecule has 0 aliphatic carbocycles. The first kappa shape index (κ1) is 10.5. The maximum Gasteiger partial charge on any atom is 0.126 e. The monoisotopic (exact) mass is 222 g/mol. The first-order valence-corrected chi connectivity index (χ1v) is 6.04. The van der Waals surface area contributed by atoms with E-state index in [4.69, 9.17) is 0 Å². The minimum atomic E-state index is -0.284. The number of fused-ring (bicyclic) bond motifs is 1. The van der Waals surface area contributed by atoms with Crippen LogP contribution in [-0.2, 0) is 6.42 Å². The lowest BCUT2D eigenvalue weighted by Crippen LogP contribution is -2.11. The van der Waals surface area contributed by atoms with E-state index in [9.17, 15) is 5.11 Å². The van der Waals surface area contributed by atoms with Gasteiger partial charge in [0.05, 0.1) is 11.8 Å². The standard InChI is InChI=1S/C11H14N2OS/c1-2-3-8(14)6-10-9-4-5-15-11(9)13-7-12-10/h4-5,7-8,14H,2-3,6H2,1H3. The fourth-order valence-corrected chi connectivity index (χ4v) is 2.42. The maximum atomic E-state index is 9.74. The second-order valence-corrected chi connectivity index (χ2v) is 4.50. The van der Waals surface area contributed by atoms with Gasteiger partial charge in [0.15, 0.2) is 0 Å². The molecule has 0 radical (unpaired) electrons. The molecule has 0 amide bonds. The molecule has 0 spiro atoms. The molecule has 0 aliphatic rings. The van der Waals surface area contributed by atoms with E-state index in [1.54, 1.807) is 17.7 Å². The normalized spacial score (nSPS) is 13.2. The zero-order valence-electron chi connectivity index (χ0n) is 8.68. The Labute approximate surface area is 92.8 Å². The van der Waals surface area contributed by atoms with Crippen molar-refractivity contribution in [2.45, 2.75) is 32.3 Å². The molecule has 0 aliphatic heterocycles. The van der Waals surface area contributed by atoms with Gasteiger partial charge in [0.2, 0.25) is 0 Å². The number of aliphatic hydroxyl groups is 1. The highest BCUT2D eigenvalue weighted by Gasteiger charge is 2.09. The summed E-state index contributed by atoms with van der Waals surface area (Å²) in [4.78, 5) is 9.42. The fraction of sp³-hybridized carbons (Fsp3) is 0.455. The van der Waals surface area contributed by atoms with Crippen molar-refractivity contribution in [3.05, 3.63) is 23.5 Å². The molecule has 4 heteroatoms. The molecule has 0 fully saturated rings. The number of aliphatic hydroxyl groups excluding tert-OH is 1. The van der Waals surface area contributed by atoms with Crippen LogP contribution in [0.2, 0.25) is 0 Å². The fourth-order valence-electron chi connectivity index (χ4n) is 1.66. The number of hydrogen-bond donors (Lipinski definition) is 1. The average molecular weight is 222 g/mol. The summed E-state index contributed by atoms with van der Waals surface area (Å²) in [5.41, 5.74) is 0.960. The van der Waals surface area contributed by atoms with Crippen molar-refractivity contribution in [3.63, 3.8) is 0 Å². The molecular formula is C11H14N2OS. The predicted molar refractivity (Wildman–Crippen MR) is 62.0 cm³/mol. The molecule has 80 valence electrons. The highest BCUT2D eigenvalue weighted by molar-refractivity contribution is 7.16. The predicted octanol–water partition coefficient (Wildman–Crippen LogP) is 2.39. The second kappa shape index (κ2) is 4.68. The van der Waals surface area contributed by atoms with Gasteiger partial charge in [-0.3, -0.25) is 0 Å². The quantitative estimate of drug-likeness (QED) is 0.864. The molecule has 2 aromatic rings. The van der Waals surface area contributed by atoms with Gasteiger partial charge in [-0.1, -0.05) is 13.3 Å². The Morgan fingerprint density at radius 1 is 1.47 bits per heavy atom. The van der Waals surface area contributed by atoms with Gasteiger partial charge in [-0.15, -0.1) is 11.3 Å². The van der Waals surface area contributed by atoms with E-state index in [2.05, 4.69) is 16.9 Å². The van der Waals surface area contributed by atoms with Crippen molar-refractivity contribution in [1.29, 1.82) is 0 Å². The van der Waals surface area contributed by atoms with Crippen LogP contribution in [0.15, 0.2) is 17.8 Å². The molecule has 0 aromatic carbocycles. The molecular weight excluding hydrogens is 208 g/mol. The minimum Gasteiger partial charge on any atom is -0.393 e. The number of hydrogen-bond acceptors (Lipinski definition) is 4. The van der Waals surface area contributed by atoms with E-state index in [1.165, 1.54) is 0 Å². The van der Waals surface area contributed by atoms with Crippen molar-refractivity contribution >= 4 is 21.6 Å². The Morgan fingerprint density at radius 2 is 2.33 bits per heavy atom. The number of nitrogens with zero attached hydrogens (tertiary/aromatic N) is 2. The summed E-state index contributed by atoms with van der Waals surface area (Å²) in [6, 6.07) is 2.02. The molecule has 1 atom stereocenters. The number of thiophene rings is 1. The Balaban J connectivity index is 2.23. The first-order chi connectivity index (χ1) is 7.31. The van der Waals surface area contributed by atoms with Gasteiger partial charge in [-0.25, -0.2) is 9.97 Å². The third-order valence-electron chi connectivity index (χ3n) is 2.40. The Bertz CT molecular complexity index is 441. The minimum absolute atomic E-state index is 0.284. The van der Waals surface area contributed by atoms with Crippen LogP contribution in [-0.4, -0.2) is 21.2 Å². The van der Waals surface area contributed by atoms with Crippen LogP contribution in [0.1, 0.15) is 25.5 Å². The molecule has 2 heterocycles. The molecule has 0 saturated carbocycles. The van der Waals surface area contributed by atoms with Crippen LogP contribution in [0.3, 0.4) is 0 Å². The van der Waals surface area contributed by atoms with Gasteiger partial charge in [0.25, 0.3) is 0 Å². The molecule has 15 heavy (non-hydrogen) atoms.